The summed E-state index contributed by atoms with van der Waals surface area (Å²) in [7, 11) is 1.92. The Morgan fingerprint density at radius 1 is 1.53 bits per heavy atom. The van der Waals surface area contributed by atoms with Crippen molar-refractivity contribution in [2.75, 3.05) is 13.3 Å². The highest BCUT2D eigenvalue weighted by molar-refractivity contribution is 7.99. The van der Waals surface area contributed by atoms with Crippen LogP contribution >= 0.6 is 11.8 Å². The highest BCUT2D eigenvalue weighted by Crippen LogP contribution is 2.35. The van der Waals surface area contributed by atoms with E-state index in [0.29, 0.717) is 6.04 Å². The molecule has 6 heteroatoms. The average Bonchev–Trinajstić information content (AvgIpc) is 2.85. The van der Waals surface area contributed by atoms with E-state index >= 15 is 0 Å². The maximum absolute atomic E-state index is 4.09. The van der Waals surface area contributed by atoms with Gasteiger partial charge in [-0.2, -0.15) is 11.8 Å². The fourth-order valence-electron chi connectivity index (χ4n) is 2.12. The Labute approximate surface area is 94.0 Å². The summed E-state index contributed by atoms with van der Waals surface area (Å²) in [4.78, 5) is 0. The molecule has 5 nitrogen and oxygen atoms in total. The molecule has 84 valence electrons. The van der Waals surface area contributed by atoms with E-state index in [2.05, 4.69) is 27.1 Å². The third-order valence-electron chi connectivity index (χ3n) is 2.93. The van der Waals surface area contributed by atoms with Crippen LogP contribution < -0.4 is 5.32 Å². The van der Waals surface area contributed by atoms with E-state index in [1.165, 1.54) is 19.3 Å². The molecule has 0 amide bonds. The van der Waals surface area contributed by atoms with Gasteiger partial charge in [-0.3, -0.25) is 0 Å². The zero-order valence-electron chi connectivity index (χ0n) is 9.18. The van der Waals surface area contributed by atoms with Gasteiger partial charge in [0, 0.05) is 5.25 Å². The van der Waals surface area contributed by atoms with E-state index in [9.17, 15) is 0 Å². The first kappa shape index (κ1) is 10.9. The first-order valence-corrected chi connectivity index (χ1v) is 6.58. The molecule has 1 saturated carbocycles. The second kappa shape index (κ2) is 4.94. The van der Waals surface area contributed by atoms with Crippen molar-refractivity contribution in [1.29, 1.82) is 0 Å². The van der Waals surface area contributed by atoms with Crippen LogP contribution in [0.3, 0.4) is 0 Å². The lowest BCUT2D eigenvalue weighted by molar-refractivity contribution is 0.434. The number of hydrogen-bond donors (Lipinski definition) is 1. The van der Waals surface area contributed by atoms with Crippen molar-refractivity contribution in [1.82, 2.24) is 25.5 Å². The monoisotopic (exact) mass is 227 g/mol. The molecule has 1 N–H and O–H groups in total. The predicted octanol–water partition coefficient (Wildman–Crippen LogP) is 0.849. The molecule has 1 aliphatic rings. The highest BCUT2D eigenvalue weighted by Gasteiger charge is 2.27. The molecule has 0 radical (unpaired) electrons. The van der Waals surface area contributed by atoms with Crippen LogP contribution in [0.4, 0.5) is 0 Å². The van der Waals surface area contributed by atoms with Gasteiger partial charge in [-0.1, -0.05) is 0 Å². The van der Waals surface area contributed by atoms with Gasteiger partial charge in [0.1, 0.15) is 0 Å². The van der Waals surface area contributed by atoms with Crippen molar-refractivity contribution in [3.8, 4) is 0 Å². The van der Waals surface area contributed by atoms with Crippen molar-refractivity contribution in [2.45, 2.75) is 37.1 Å². The molecule has 2 rings (SSSR count). The third-order valence-corrected chi connectivity index (χ3v) is 4.03. The Balaban J connectivity index is 2.06. The zero-order valence-corrected chi connectivity index (χ0v) is 10.00. The molecule has 0 spiro atoms. The van der Waals surface area contributed by atoms with Crippen LogP contribution in [-0.2, 0) is 6.54 Å². The molecule has 0 saturated heterocycles. The summed E-state index contributed by atoms with van der Waals surface area (Å²) in [5, 5.41) is 15.7. The summed E-state index contributed by atoms with van der Waals surface area (Å²) in [5.41, 5.74) is 0. The van der Waals surface area contributed by atoms with E-state index < -0.39 is 0 Å². The second-order valence-corrected chi connectivity index (χ2v) is 5.03. The summed E-state index contributed by atoms with van der Waals surface area (Å²) in [6, 6.07) is 0.501. The van der Waals surface area contributed by atoms with Crippen LogP contribution in [0, 0.1) is 0 Å². The van der Waals surface area contributed by atoms with Crippen LogP contribution in [-0.4, -0.2) is 38.8 Å². The number of hydrogen-bond acceptors (Lipinski definition) is 5. The molecule has 15 heavy (non-hydrogen) atoms. The lowest BCUT2D eigenvalue weighted by Crippen LogP contribution is -2.16. The molecular weight excluding hydrogens is 210 g/mol. The average molecular weight is 227 g/mol. The van der Waals surface area contributed by atoms with Gasteiger partial charge >= 0.3 is 0 Å². The SMILES string of the molecule is CNCc1nnnn1C1CCC(SC)C1. The Morgan fingerprint density at radius 3 is 3.07 bits per heavy atom. The molecule has 1 fully saturated rings. The van der Waals surface area contributed by atoms with Gasteiger partial charge in [-0.25, -0.2) is 4.68 Å². The summed E-state index contributed by atoms with van der Waals surface area (Å²) in [5.74, 6) is 0.948. The van der Waals surface area contributed by atoms with E-state index in [1.54, 1.807) is 0 Å². The number of nitrogens with one attached hydrogen (secondary N) is 1. The van der Waals surface area contributed by atoms with Crippen molar-refractivity contribution in [2.24, 2.45) is 0 Å². The second-order valence-electron chi connectivity index (χ2n) is 3.89. The van der Waals surface area contributed by atoms with Crippen LogP contribution in [0.2, 0.25) is 0 Å². The van der Waals surface area contributed by atoms with Crippen molar-refractivity contribution in [3.05, 3.63) is 5.82 Å². The molecule has 0 bridgehead atoms. The third kappa shape index (κ3) is 2.31. The Morgan fingerprint density at radius 2 is 2.40 bits per heavy atom. The molecule has 0 aliphatic heterocycles. The molecule has 0 aromatic carbocycles. The maximum atomic E-state index is 4.09. The number of aromatic nitrogens is 4. The molecule has 2 unspecified atom stereocenters. The minimum absolute atomic E-state index is 0.501. The summed E-state index contributed by atoms with van der Waals surface area (Å²) in [6.45, 7) is 0.743. The minimum Gasteiger partial charge on any atom is -0.313 e. The van der Waals surface area contributed by atoms with Gasteiger partial charge < -0.3 is 5.32 Å². The summed E-state index contributed by atoms with van der Waals surface area (Å²) < 4.78 is 1.99. The lowest BCUT2D eigenvalue weighted by Gasteiger charge is -2.11. The van der Waals surface area contributed by atoms with E-state index in [4.69, 9.17) is 0 Å². The maximum Gasteiger partial charge on any atom is 0.165 e. The number of nitrogens with zero attached hydrogens (tertiary/aromatic N) is 4. The van der Waals surface area contributed by atoms with E-state index in [0.717, 1.165) is 17.6 Å². The standard InChI is InChI=1S/C9H17N5S/c1-10-6-9-11-12-13-14(9)7-3-4-8(5-7)15-2/h7-8,10H,3-6H2,1-2H3. The largest absolute Gasteiger partial charge is 0.313 e. The van der Waals surface area contributed by atoms with Crippen LogP contribution in [0.1, 0.15) is 31.1 Å². The number of tetrazole rings is 1. The Kier molecular flexibility index (Phi) is 3.58. The highest BCUT2D eigenvalue weighted by atomic mass is 32.2. The van der Waals surface area contributed by atoms with E-state index in [-0.39, 0.29) is 0 Å². The van der Waals surface area contributed by atoms with Gasteiger partial charge in [0.05, 0.1) is 12.6 Å². The van der Waals surface area contributed by atoms with Crippen molar-refractivity contribution in [3.63, 3.8) is 0 Å². The van der Waals surface area contributed by atoms with Gasteiger partial charge in [0.25, 0.3) is 0 Å². The summed E-state index contributed by atoms with van der Waals surface area (Å²) in [6.07, 6.45) is 5.86. The molecule has 1 aromatic heterocycles. The molecule has 2 atom stereocenters. The topological polar surface area (TPSA) is 55.6 Å². The smallest absolute Gasteiger partial charge is 0.165 e. The molecular formula is C9H17N5S. The summed E-state index contributed by atoms with van der Waals surface area (Å²) >= 11 is 1.96. The Hall–Kier alpha value is -0.620. The fraction of sp³-hybridized carbons (Fsp3) is 0.889. The van der Waals surface area contributed by atoms with Gasteiger partial charge in [0.2, 0.25) is 0 Å². The van der Waals surface area contributed by atoms with Crippen molar-refractivity contribution >= 4 is 11.8 Å². The predicted molar refractivity (Wildman–Crippen MR) is 60.8 cm³/mol. The van der Waals surface area contributed by atoms with Crippen LogP contribution in [0.15, 0.2) is 0 Å². The molecule has 1 aromatic rings. The van der Waals surface area contributed by atoms with Crippen molar-refractivity contribution < 1.29 is 0 Å². The van der Waals surface area contributed by atoms with Crippen LogP contribution in [0.5, 0.6) is 0 Å². The lowest BCUT2D eigenvalue weighted by atomic mass is 10.2. The molecule has 1 heterocycles. The fourth-order valence-corrected chi connectivity index (χ4v) is 2.91. The minimum atomic E-state index is 0.501. The number of thioether (sulfide) groups is 1. The zero-order chi connectivity index (χ0) is 10.7. The first-order chi connectivity index (χ1) is 7.35. The van der Waals surface area contributed by atoms with Gasteiger partial charge in [-0.15, -0.1) is 5.10 Å². The van der Waals surface area contributed by atoms with Gasteiger partial charge in [0.15, 0.2) is 5.82 Å². The Bertz CT molecular complexity index is 313. The van der Waals surface area contributed by atoms with Crippen LogP contribution in [0.25, 0.3) is 0 Å². The van der Waals surface area contributed by atoms with E-state index in [1.807, 2.05) is 23.5 Å². The first-order valence-electron chi connectivity index (χ1n) is 5.29. The molecule has 1 aliphatic carbocycles. The normalized spacial score (nSPS) is 26.0. The van der Waals surface area contributed by atoms with Gasteiger partial charge in [-0.05, 0) is 43.0 Å². The quantitative estimate of drug-likeness (QED) is 0.826. The number of rotatable bonds is 4.